The van der Waals surface area contributed by atoms with Gasteiger partial charge in [0.2, 0.25) is 10.0 Å². The number of sulfonamides is 1. The fourth-order valence-electron chi connectivity index (χ4n) is 3.34. The molecule has 0 aliphatic carbocycles. The first kappa shape index (κ1) is 23.2. The number of amides is 1. The van der Waals surface area contributed by atoms with Gasteiger partial charge in [0, 0.05) is 23.1 Å². The molecular formula is C25H23FN4O3S. The Morgan fingerprint density at radius 3 is 2.32 bits per heavy atom. The van der Waals surface area contributed by atoms with Crippen LogP contribution in [0.3, 0.4) is 0 Å². The summed E-state index contributed by atoms with van der Waals surface area (Å²) in [4.78, 5) is 13.2. The van der Waals surface area contributed by atoms with Crippen LogP contribution in [0.1, 0.15) is 22.8 Å². The molecule has 2 N–H and O–H groups in total. The molecule has 0 aliphatic heterocycles. The Hall–Kier alpha value is -3.98. The van der Waals surface area contributed by atoms with Crippen molar-refractivity contribution < 1.29 is 17.6 Å². The van der Waals surface area contributed by atoms with Crippen molar-refractivity contribution in [2.45, 2.75) is 13.8 Å². The molecule has 1 amide bonds. The molecule has 1 heterocycles. The second-order valence-electron chi connectivity index (χ2n) is 7.72. The fourth-order valence-corrected chi connectivity index (χ4v) is 3.98. The first-order valence-corrected chi connectivity index (χ1v) is 12.2. The van der Waals surface area contributed by atoms with Gasteiger partial charge in [-0.05, 0) is 68.4 Å². The lowest BCUT2D eigenvalue weighted by Gasteiger charge is -2.09. The molecule has 4 rings (SSSR count). The zero-order valence-electron chi connectivity index (χ0n) is 18.6. The largest absolute Gasteiger partial charge is 0.322 e. The lowest BCUT2D eigenvalue weighted by Crippen LogP contribution is -2.15. The molecule has 0 aliphatic rings. The second-order valence-corrected chi connectivity index (χ2v) is 9.73. The zero-order chi connectivity index (χ0) is 24.3. The Bertz CT molecular complexity index is 1430. The predicted molar refractivity (Wildman–Crippen MR) is 131 cm³/mol. The van der Waals surface area contributed by atoms with Gasteiger partial charge in [-0.3, -0.25) is 9.52 Å². The summed E-state index contributed by atoms with van der Waals surface area (Å²) in [5, 5.41) is 7.44. The number of carbonyl (C=O) groups excluding carboxylic acids is 1. The molecule has 0 radical (unpaired) electrons. The highest BCUT2D eigenvalue weighted by atomic mass is 32.2. The summed E-state index contributed by atoms with van der Waals surface area (Å²) in [5.41, 5.74) is 4.13. The van der Waals surface area contributed by atoms with E-state index in [9.17, 15) is 17.6 Å². The van der Waals surface area contributed by atoms with Crippen LogP contribution in [-0.4, -0.2) is 29.9 Å². The number of hydrogen-bond acceptors (Lipinski definition) is 4. The summed E-state index contributed by atoms with van der Waals surface area (Å²) in [6.07, 6.45) is 1.60. The Labute approximate surface area is 197 Å². The third kappa shape index (κ3) is 5.32. The average molecular weight is 479 g/mol. The van der Waals surface area contributed by atoms with Gasteiger partial charge >= 0.3 is 0 Å². The quantitative estimate of drug-likeness (QED) is 0.391. The van der Waals surface area contributed by atoms with E-state index in [1.54, 1.807) is 49.5 Å². The molecule has 0 spiro atoms. The zero-order valence-corrected chi connectivity index (χ0v) is 19.4. The third-order valence-corrected chi connectivity index (χ3v) is 6.44. The van der Waals surface area contributed by atoms with E-state index in [0.717, 1.165) is 11.1 Å². The van der Waals surface area contributed by atoms with Crippen LogP contribution < -0.4 is 10.0 Å². The van der Waals surface area contributed by atoms with Gasteiger partial charge in [0.15, 0.2) is 0 Å². The van der Waals surface area contributed by atoms with E-state index >= 15 is 0 Å². The van der Waals surface area contributed by atoms with Crippen LogP contribution in [0, 0.1) is 12.7 Å². The highest BCUT2D eigenvalue weighted by molar-refractivity contribution is 7.92. The van der Waals surface area contributed by atoms with E-state index < -0.39 is 10.0 Å². The Balaban J connectivity index is 1.65. The summed E-state index contributed by atoms with van der Waals surface area (Å²) in [7, 11) is -3.39. The van der Waals surface area contributed by atoms with Gasteiger partial charge in [0.1, 0.15) is 11.5 Å². The maximum atomic E-state index is 13.4. The Kier molecular flexibility index (Phi) is 6.47. The molecule has 34 heavy (non-hydrogen) atoms. The van der Waals surface area contributed by atoms with Crippen LogP contribution in [0.15, 0.2) is 79.0 Å². The summed E-state index contributed by atoms with van der Waals surface area (Å²) in [6, 6.07) is 19.9. The molecule has 3 aromatic carbocycles. The molecule has 0 fully saturated rings. The first-order valence-electron chi connectivity index (χ1n) is 10.6. The smallest absolute Gasteiger partial charge is 0.259 e. The van der Waals surface area contributed by atoms with Gasteiger partial charge in [-0.1, -0.05) is 23.8 Å². The van der Waals surface area contributed by atoms with E-state index in [0.29, 0.717) is 28.3 Å². The van der Waals surface area contributed by atoms with Crippen molar-refractivity contribution in [1.29, 1.82) is 0 Å². The van der Waals surface area contributed by atoms with Crippen molar-refractivity contribution in [2.75, 3.05) is 15.8 Å². The first-order chi connectivity index (χ1) is 16.2. The number of aromatic nitrogens is 2. The Morgan fingerprint density at radius 1 is 1.00 bits per heavy atom. The highest BCUT2D eigenvalue weighted by Crippen LogP contribution is 2.26. The van der Waals surface area contributed by atoms with Gasteiger partial charge in [0.05, 0.1) is 17.0 Å². The minimum atomic E-state index is -3.39. The molecule has 0 atom stereocenters. The van der Waals surface area contributed by atoms with Crippen molar-refractivity contribution >= 4 is 27.3 Å². The van der Waals surface area contributed by atoms with Crippen LogP contribution in [0.2, 0.25) is 0 Å². The van der Waals surface area contributed by atoms with Crippen molar-refractivity contribution in [3.05, 3.63) is 95.9 Å². The van der Waals surface area contributed by atoms with Gasteiger partial charge in [0.25, 0.3) is 5.91 Å². The highest BCUT2D eigenvalue weighted by Gasteiger charge is 2.19. The van der Waals surface area contributed by atoms with E-state index in [2.05, 4.69) is 15.1 Å². The van der Waals surface area contributed by atoms with Crippen molar-refractivity contribution in [1.82, 2.24) is 9.78 Å². The number of hydrogen-bond donors (Lipinski definition) is 2. The summed E-state index contributed by atoms with van der Waals surface area (Å²) < 4.78 is 40.9. The van der Waals surface area contributed by atoms with E-state index in [-0.39, 0.29) is 17.5 Å². The SMILES string of the molecule is CCS(=O)(=O)Nc1ccc(NC(=O)c2cn(-c3ccc(F)cc3)nc2-c2cccc(C)c2)cc1. The minimum Gasteiger partial charge on any atom is -0.322 e. The standard InChI is InChI=1S/C25H23FN4O3S/c1-3-34(32,33)29-21-11-9-20(10-12-21)27-25(31)23-16-30(22-13-7-19(26)8-14-22)28-24(23)18-6-4-5-17(2)15-18/h4-16,29H,3H2,1-2H3,(H,27,31). The lowest BCUT2D eigenvalue weighted by molar-refractivity contribution is 0.102. The van der Waals surface area contributed by atoms with E-state index in [1.165, 1.54) is 16.8 Å². The van der Waals surface area contributed by atoms with E-state index in [4.69, 9.17) is 0 Å². The maximum absolute atomic E-state index is 13.4. The van der Waals surface area contributed by atoms with E-state index in [1.807, 2.05) is 31.2 Å². The molecule has 0 unspecified atom stereocenters. The number of aryl methyl sites for hydroxylation is 1. The van der Waals surface area contributed by atoms with Crippen LogP contribution in [-0.2, 0) is 10.0 Å². The fraction of sp³-hybridized carbons (Fsp3) is 0.120. The number of rotatable bonds is 7. The maximum Gasteiger partial charge on any atom is 0.259 e. The number of benzene rings is 3. The lowest BCUT2D eigenvalue weighted by atomic mass is 10.1. The summed E-state index contributed by atoms with van der Waals surface area (Å²) in [6.45, 7) is 3.50. The van der Waals surface area contributed by atoms with Gasteiger partial charge in [-0.25, -0.2) is 17.5 Å². The summed E-state index contributed by atoms with van der Waals surface area (Å²) in [5.74, 6) is -0.783. The molecule has 9 heteroatoms. The molecule has 174 valence electrons. The molecule has 7 nitrogen and oxygen atoms in total. The monoisotopic (exact) mass is 478 g/mol. The Morgan fingerprint density at radius 2 is 1.68 bits per heavy atom. The van der Waals surface area contributed by atoms with Crippen molar-refractivity contribution in [3.8, 4) is 16.9 Å². The van der Waals surface area contributed by atoms with Crippen LogP contribution in [0.5, 0.6) is 0 Å². The normalized spacial score (nSPS) is 11.3. The minimum absolute atomic E-state index is 0.0364. The van der Waals surface area contributed by atoms with Crippen LogP contribution in [0.4, 0.5) is 15.8 Å². The van der Waals surface area contributed by atoms with Crippen molar-refractivity contribution in [3.63, 3.8) is 0 Å². The topological polar surface area (TPSA) is 93.1 Å². The van der Waals surface area contributed by atoms with Crippen LogP contribution in [0.25, 0.3) is 16.9 Å². The molecule has 0 saturated carbocycles. The third-order valence-electron chi connectivity index (χ3n) is 5.14. The molecule has 4 aromatic rings. The predicted octanol–water partition coefficient (Wildman–Crippen LogP) is 5.00. The molecule has 1 aromatic heterocycles. The number of nitrogens with zero attached hydrogens (tertiary/aromatic N) is 2. The van der Waals surface area contributed by atoms with Gasteiger partial charge in [-0.2, -0.15) is 5.10 Å². The van der Waals surface area contributed by atoms with Crippen molar-refractivity contribution in [2.24, 2.45) is 0 Å². The van der Waals surface area contributed by atoms with Gasteiger partial charge in [-0.15, -0.1) is 0 Å². The number of anilines is 2. The molecule has 0 bridgehead atoms. The average Bonchev–Trinajstić information content (AvgIpc) is 3.26. The second kappa shape index (κ2) is 9.48. The van der Waals surface area contributed by atoms with Crippen LogP contribution >= 0.6 is 0 Å². The number of carbonyl (C=O) groups is 1. The molecule has 0 saturated heterocycles. The van der Waals surface area contributed by atoms with Gasteiger partial charge < -0.3 is 5.32 Å². The number of halogens is 1. The molecular weight excluding hydrogens is 455 g/mol. The number of nitrogens with one attached hydrogen (secondary N) is 2. The summed E-state index contributed by atoms with van der Waals surface area (Å²) >= 11 is 0.